The number of hydrogen-bond donors (Lipinski definition) is 2. The van der Waals surface area contributed by atoms with Crippen LogP contribution < -0.4 is 5.32 Å². The van der Waals surface area contributed by atoms with Gasteiger partial charge in [-0.2, -0.15) is 26.3 Å². The molecule has 0 aliphatic heterocycles. The van der Waals surface area contributed by atoms with E-state index in [0.717, 1.165) is 24.3 Å². The van der Waals surface area contributed by atoms with E-state index in [1.807, 2.05) is 0 Å². The molecule has 0 amide bonds. The predicted octanol–water partition coefficient (Wildman–Crippen LogP) is 5.15. The zero-order valence-corrected chi connectivity index (χ0v) is 13.3. The standard InChI is InChI=1S/C17H15F6NO/c1-10-3-4-12(9-14(10)24-2)15(16(18,19)20,17(21,22)23)11-5-7-13(25)8-6-11/h3-9,24-25H,1-2H3. The highest BCUT2D eigenvalue weighted by atomic mass is 19.4. The Bertz CT molecular complexity index is 735. The number of alkyl halides is 6. The van der Waals surface area contributed by atoms with Crippen molar-refractivity contribution in [1.82, 2.24) is 0 Å². The highest BCUT2D eigenvalue weighted by Gasteiger charge is 2.72. The minimum Gasteiger partial charge on any atom is -0.508 e. The highest BCUT2D eigenvalue weighted by Crippen LogP contribution is 2.56. The summed E-state index contributed by atoms with van der Waals surface area (Å²) in [6.45, 7) is 1.57. The number of rotatable bonds is 3. The Morgan fingerprint density at radius 1 is 0.800 bits per heavy atom. The fourth-order valence-corrected chi connectivity index (χ4v) is 2.82. The fourth-order valence-electron chi connectivity index (χ4n) is 2.82. The van der Waals surface area contributed by atoms with E-state index in [1.165, 1.54) is 13.1 Å². The van der Waals surface area contributed by atoms with E-state index >= 15 is 0 Å². The van der Waals surface area contributed by atoms with Crippen molar-refractivity contribution in [2.75, 3.05) is 12.4 Å². The number of aromatic hydroxyl groups is 1. The van der Waals surface area contributed by atoms with Gasteiger partial charge in [0, 0.05) is 12.7 Å². The quantitative estimate of drug-likeness (QED) is 0.739. The Kier molecular flexibility index (Phi) is 4.67. The van der Waals surface area contributed by atoms with Gasteiger partial charge in [0.25, 0.3) is 0 Å². The maximum Gasteiger partial charge on any atom is 0.411 e. The molecule has 136 valence electrons. The molecule has 25 heavy (non-hydrogen) atoms. The van der Waals surface area contributed by atoms with Crippen LogP contribution >= 0.6 is 0 Å². The number of benzene rings is 2. The molecule has 2 nitrogen and oxygen atoms in total. The number of halogens is 6. The summed E-state index contributed by atoms with van der Waals surface area (Å²) in [4.78, 5) is 0. The third-order valence-electron chi connectivity index (χ3n) is 4.09. The van der Waals surface area contributed by atoms with Gasteiger partial charge in [-0.3, -0.25) is 0 Å². The molecule has 0 bridgehead atoms. The van der Waals surface area contributed by atoms with Crippen molar-refractivity contribution >= 4 is 5.69 Å². The van der Waals surface area contributed by atoms with E-state index in [1.54, 1.807) is 6.92 Å². The second-order valence-electron chi connectivity index (χ2n) is 5.57. The third-order valence-corrected chi connectivity index (χ3v) is 4.09. The lowest BCUT2D eigenvalue weighted by molar-refractivity contribution is -0.288. The highest BCUT2D eigenvalue weighted by molar-refractivity contribution is 5.57. The molecule has 0 atom stereocenters. The minimum atomic E-state index is -5.65. The van der Waals surface area contributed by atoms with E-state index in [9.17, 15) is 31.4 Å². The van der Waals surface area contributed by atoms with Gasteiger partial charge in [0.1, 0.15) is 5.75 Å². The van der Waals surface area contributed by atoms with Crippen LogP contribution in [0.2, 0.25) is 0 Å². The Morgan fingerprint density at radius 2 is 1.28 bits per heavy atom. The second kappa shape index (κ2) is 6.16. The Hall–Kier alpha value is -2.38. The van der Waals surface area contributed by atoms with E-state index in [4.69, 9.17) is 0 Å². The molecular weight excluding hydrogens is 348 g/mol. The van der Waals surface area contributed by atoms with Gasteiger partial charge in [-0.05, 0) is 41.8 Å². The molecule has 0 aliphatic rings. The molecule has 8 heteroatoms. The van der Waals surface area contributed by atoms with Crippen molar-refractivity contribution in [3.05, 3.63) is 59.2 Å². The van der Waals surface area contributed by atoms with E-state index in [-0.39, 0.29) is 5.69 Å². The molecule has 0 spiro atoms. The molecular formula is C17H15F6NO. The molecule has 0 aliphatic carbocycles. The third kappa shape index (κ3) is 3.01. The molecule has 0 aromatic heterocycles. The van der Waals surface area contributed by atoms with Crippen LogP contribution in [0, 0.1) is 6.92 Å². The van der Waals surface area contributed by atoms with Crippen molar-refractivity contribution in [3.8, 4) is 5.75 Å². The summed E-state index contributed by atoms with van der Waals surface area (Å²) in [6.07, 6.45) is -11.3. The molecule has 0 saturated carbocycles. The summed E-state index contributed by atoms with van der Waals surface area (Å²) < 4.78 is 83.3. The first kappa shape index (κ1) is 19.0. The van der Waals surface area contributed by atoms with Gasteiger partial charge in [0.2, 0.25) is 5.41 Å². The maximum absolute atomic E-state index is 13.9. The monoisotopic (exact) mass is 363 g/mol. The van der Waals surface area contributed by atoms with Crippen LogP contribution in [0.4, 0.5) is 32.0 Å². The van der Waals surface area contributed by atoms with E-state index < -0.39 is 34.6 Å². The number of aryl methyl sites for hydroxylation is 1. The van der Waals surface area contributed by atoms with Crippen LogP contribution in [0.3, 0.4) is 0 Å². The zero-order chi connectivity index (χ0) is 19.0. The maximum atomic E-state index is 13.9. The minimum absolute atomic E-state index is 0.161. The first-order valence-electron chi connectivity index (χ1n) is 7.17. The SMILES string of the molecule is CNc1cc(C(c2ccc(O)cc2)(C(F)(F)F)C(F)(F)F)ccc1C. The molecule has 0 fully saturated rings. The smallest absolute Gasteiger partial charge is 0.411 e. The molecule has 0 radical (unpaired) electrons. The lowest BCUT2D eigenvalue weighted by Crippen LogP contribution is -2.54. The van der Waals surface area contributed by atoms with Gasteiger partial charge in [-0.25, -0.2) is 0 Å². The number of hydrogen-bond acceptors (Lipinski definition) is 2. The molecule has 2 aromatic carbocycles. The Morgan fingerprint density at radius 3 is 1.72 bits per heavy atom. The fraction of sp³-hybridized carbons (Fsp3) is 0.294. The van der Waals surface area contributed by atoms with Gasteiger partial charge in [0.05, 0.1) is 0 Å². The summed E-state index contributed by atoms with van der Waals surface area (Å²) in [5, 5.41) is 11.8. The molecule has 2 N–H and O–H groups in total. The van der Waals surface area contributed by atoms with E-state index in [2.05, 4.69) is 5.32 Å². The van der Waals surface area contributed by atoms with Gasteiger partial charge >= 0.3 is 12.4 Å². The first-order valence-corrected chi connectivity index (χ1v) is 7.17. The van der Waals surface area contributed by atoms with Crippen molar-refractivity contribution < 1.29 is 31.4 Å². The van der Waals surface area contributed by atoms with Gasteiger partial charge in [-0.15, -0.1) is 0 Å². The van der Waals surface area contributed by atoms with Gasteiger partial charge in [0.15, 0.2) is 0 Å². The largest absolute Gasteiger partial charge is 0.508 e. The first-order chi connectivity index (χ1) is 11.4. The lowest BCUT2D eigenvalue weighted by Gasteiger charge is -2.38. The van der Waals surface area contributed by atoms with Crippen LogP contribution in [-0.2, 0) is 5.41 Å². The van der Waals surface area contributed by atoms with Crippen LogP contribution in [-0.4, -0.2) is 24.5 Å². The second-order valence-corrected chi connectivity index (χ2v) is 5.57. The van der Waals surface area contributed by atoms with E-state index in [0.29, 0.717) is 17.7 Å². The van der Waals surface area contributed by atoms with Crippen molar-refractivity contribution in [3.63, 3.8) is 0 Å². The Balaban J connectivity index is 2.91. The summed E-state index contributed by atoms with van der Waals surface area (Å²) in [6, 6.07) is 5.74. The molecule has 0 saturated heterocycles. The molecule has 2 aromatic rings. The van der Waals surface area contributed by atoms with Crippen molar-refractivity contribution in [2.45, 2.75) is 24.7 Å². The number of phenolic OH excluding ortho intramolecular Hbond substituents is 1. The van der Waals surface area contributed by atoms with Crippen molar-refractivity contribution in [1.29, 1.82) is 0 Å². The molecule has 0 unspecified atom stereocenters. The van der Waals surface area contributed by atoms with Gasteiger partial charge < -0.3 is 10.4 Å². The lowest BCUT2D eigenvalue weighted by atomic mass is 9.72. The zero-order valence-electron chi connectivity index (χ0n) is 13.3. The average molecular weight is 363 g/mol. The average Bonchev–Trinajstić information content (AvgIpc) is 2.48. The molecule has 2 rings (SSSR count). The number of phenols is 1. The van der Waals surface area contributed by atoms with Crippen molar-refractivity contribution in [2.24, 2.45) is 0 Å². The normalized spacial score (nSPS) is 13.0. The predicted molar refractivity (Wildman–Crippen MR) is 81.7 cm³/mol. The molecule has 0 heterocycles. The number of anilines is 1. The summed E-state index contributed by atoms with van der Waals surface area (Å²) >= 11 is 0. The van der Waals surface area contributed by atoms with Crippen LogP contribution in [0.1, 0.15) is 16.7 Å². The Labute approximate surface area is 140 Å². The topological polar surface area (TPSA) is 32.3 Å². The van der Waals surface area contributed by atoms with Crippen LogP contribution in [0.15, 0.2) is 42.5 Å². The van der Waals surface area contributed by atoms with Crippen LogP contribution in [0.5, 0.6) is 5.75 Å². The summed E-state index contributed by atoms with van der Waals surface area (Å²) in [5.74, 6) is -0.429. The van der Waals surface area contributed by atoms with Crippen LogP contribution in [0.25, 0.3) is 0 Å². The summed E-state index contributed by atoms with van der Waals surface area (Å²) in [7, 11) is 1.41. The number of nitrogens with one attached hydrogen (secondary N) is 1. The van der Waals surface area contributed by atoms with Gasteiger partial charge in [-0.1, -0.05) is 24.3 Å². The summed E-state index contributed by atoms with van der Waals surface area (Å²) in [5.41, 5.74) is -5.51.